The normalized spacial score (nSPS) is 12.4. The molecule has 0 spiro atoms. The van der Waals surface area contributed by atoms with Gasteiger partial charge in [-0.3, -0.25) is 0 Å². The highest BCUT2D eigenvalue weighted by Crippen LogP contribution is 2.24. The van der Waals surface area contributed by atoms with Crippen molar-refractivity contribution in [2.45, 2.75) is 12.5 Å². The first kappa shape index (κ1) is 13.0. The number of aliphatic hydroxyl groups is 1. The summed E-state index contributed by atoms with van der Waals surface area (Å²) in [6.45, 7) is 0. The summed E-state index contributed by atoms with van der Waals surface area (Å²) >= 11 is 3.18. The molecule has 0 saturated carbocycles. The molecule has 0 amide bonds. The summed E-state index contributed by atoms with van der Waals surface area (Å²) in [7, 11) is 0. The summed E-state index contributed by atoms with van der Waals surface area (Å²) in [4.78, 5) is 3.86. The van der Waals surface area contributed by atoms with Crippen LogP contribution in [0.4, 0.5) is 10.2 Å². The van der Waals surface area contributed by atoms with Crippen LogP contribution in [-0.2, 0) is 6.42 Å². The Balaban J connectivity index is 2.19. The number of aliphatic hydroxyl groups excluding tert-OH is 1. The molecular weight excluding hydrogens is 299 g/mol. The van der Waals surface area contributed by atoms with Gasteiger partial charge in [0.25, 0.3) is 0 Å². The first-order valence-electron chi connectivity index (χ1n) is 5.39. The fourth-order valence-electron chi connectivity index (χ4n) is 1.73. The molecule has 0 fully saturated rings. The summed E-state index contributed by atoms with van der Waals surface area (Å²) in [5.41, 5.74) is 6.64. The van der Waals surface area contributed by atoms with Crippen LogP contribution in [-0.4, -0.2) is 10.1 Å². The summed E-state index contributed by atoms with van der Waals surface area (Å²) in [5.74, 6) is -0.0464. The monoisotopic (exact) mass is 310 g/mol. The quantitative estimate of drug-likeness (QED) is 0.916. The maximum Gasteiger partial charge on any atom is 0.130 e. The lowest BCUT2D eigenvalue weighted by molar-refractivity contribution is 0.173. The van der Waals surface area contributed by atoms with Crippen molar-refractivity contribution in [2.75, 3.05) is 5.73 Å². The molecule has 0 saturated heterocycles. The van der Waals surface area contributed by atoms with Gasteiger partial charge in [-0.2, -0.15) is 0 Å². The zero-order chi connectivity index (χ0) is 13.1. The van der Waals surface area contributed by atoms with Gasteiger partial charge in [-0.05, 0) is 29.8 Å². The summed E-state index contributed by atoms with van der Waals surface area (Å²) in [6.07, 6.45) is 0.959. The molecule has 1 aromatic heterocycles. The van der Waals surface area contributed by atoms with E-state index in [9.17, 15) is 9.50 Å². The molecule has 1 atom stereocenters. The Bertz CT molecular complexity index is 562. The van der Waals surface area contributed by atoms with Crippen molar-refractivity contribution in [1.29, 1.82) is 0 Å². The van der Waals surface area contributed by atoms with Crippen LogP contribution in [0, 0.1) is 5.82 Å². The van der Waals surface area contributed by atoms with Crippen LogP contribution >= 0.6 is 15.9 Å². The van der Waals surface area contributed by atoms with Gasteiger partial charge in [0.1, 0.15) is 11.6 Å². The van der Waals surface area contributed by atoms with Crippen molar-refractivity contribution >= 4 is 21.7 Å². The van der Waals surface area contributed by atoms with Crippen LogP contribution in [0.1, 0.15) is 17.2 Å². The number of hydrogen-bond acceptors (Lipinski definition) is 3. The van der Waals surface area contributed by atoms with Crippen LogP contribution in [0.2, 0.25) is 0 Å². The molecule has 2 rings (SSSR count). The number of rotatable bonds is 3. The SMILES string of the molecule is Nc1cc(CC(O)c2ccc(Br)cc2F)ccn1. The van der Waals surface area contributed by atoms with E-state index in [0.717, 1.165) is 5.56 Å². The Hall–Kier alpha value is -1.46. The lowest BCUT2D eigenvalue weighted by Gasteiger charge is -2.12. The number of aromatic nitrogens is 1. The van der Waals surface area contributed by atoms with Crippen molar-refractivity contribution in [3.8, 4) is 0 Å². The van der Waals surface area contributed by atoms with E-state index in [-0.39, 0.29) is 5.56 Å². The Morgan fingerprint density at radius 1 is 1.33 bits per heavy atom. The van der Waals surface area contributed by atoms with Gasteiger partial charge in [0, 0.05) is 22.7 Å². The van der Waals surface area contributed by atoms with Crippen molar-refractivity contribution in [2.24, 2.45) is 0 Å². The highest BCUT2D eigenvalue weighted by atomic mass is 79.9. The van der Waals surface area contributed by atoms with Crippen LogP contribution in [0.15, 0.2) is 41.0 Å². The van der Waals surface area contributed by atoms with Crippen LogP contribution in [0.25, 0.3) is 0 Å². The molecule has 3 N–H and O–H groups in total. The topological polar surface area (TPSA) is 59.1 Å². The molecule has 94 valence electrons. The lowest BCUT2D eigenvalue weighted by Crippen LogP contribution is -2.05. The molecule has 1 unspecified atom stereocenters. The Kier molecular flexibility index (Phi) is 3.93. The van der Waals surface area contributed by atoms with E-state index in [1.807, 2.05) is 0 Å². The molecule has 1 aromatic carbocycles. The van der Waals surface area contributed by atoms with Crippen molar-refractivity contribution in [3.05, 3.63) is 57.9 Å². The molecule has 0 aliphatic carbocycles. The van der Waals surface area contributed by atoms with Gasteiger partial charge in [0.05, 0.1) is 6.10 Å². The van der Waals surface area contributed by atoms with Crippen LogP contribution in [0.5, 0.6) is 0 Å². The number of nitrogens with two attached hydrogens (primary N) is 1. The predicted molar refractivity (Wildman–Crippen MR) is 71.4 cm³/mol. The van der Waals surface area contributed by atoms with E-state index in [2.05, 4.69) is 20.9 Å². The molecule has 0 aliphatic rings. The molecule has 18 heavy (non-hydrogen) atoms. The second-order valence-corrected chi connectivity index (χ2v) is 4.89. The first-order chi connectivity index (χ1) is 8.56. The number of hydrogen-bond donors (Lipinski definition) is 2. The van der Waals surface area contributed by atoms with Crippen molar-refractivity contribution in [3.63, 3.8) is 0 Å². The van der Waals surface area contributed by atoms with Gasteiger partial charge in [-0.15, -0.1) is 0 Å². The summed E-state index contributed by atoms with van der Waals surface area (Å²) in [6, 6.07) is 8.01. The number of benzene rings is 1. The van der Waals surface area contributed by atoms with Crippen LogP contribution < -0.4 is 5.73 Å². The number of nitrogen functional groups attached to an aromatic ring is 1. The number of pyridine rings is 1. The molecule has 0 radical (unpaired) electrons. The Labute approximate surface area is 113 Å². The average molecular weight is 311 g/mol. The Morgan fingerprint density at radius 3 is 2.78 bits per heavy atom. The number of nitrogens with zero attached hydrogens (tertiary/aromatic N) is 1. The van der Waals surface area contributed by atoms with E-state index < -0.39 is 11.9 Å². The predicted octanol–water partition coefficient (Wildman–Crippen LogP) is 2.84. The smallest absolute Gasteiger partial charge is 0.130 e. The van der Waals surface area contributed by atoms with Gasteiger partial charge in [0.15, 0.2) is 0 Å². The minimum absolute atomic E-state index is 0.272. The molecule has 0 bridgehead atoms. The fraction of sp³-hybridized carbons (Fsp3) is 0.154. The fourth-order valence-corrected chi connectivity index (χ4v) is 2.06. The van der Waals surface area contributed by atoms with Gasteiger partial charge < -0.3 is 10.8 Å². The summed E-state index contributed by atoms with van der Waals surface area (Å²) in [5, 5.41) is 10.0. The van der Waals surface area contributed by atoms with E-state index >= 15 is 0 Å². The van der Waals surface area contributed by atoms with Gasteiger partial charge in [-0.25, -0.2) is 9.37 Å². The van der Waals surface area contributed by atoms with E-state index in [1.165, 1.54) is 6.07 Å². The lowest BCUT2D eigenvalue weighted by atomic mass is 10.0. The van der Waals surface area contributed by atoms with E-state index in [0.29, 0.717) is 16.7 Å². The van der Waals surface area contributed by atoms with Crippen molar-refractivity contribution in [1.82, 2.24) is 4.98 Å². The highest BCUT2D eigenvalue weighted by Gasteiger charge is 2.13. The third kappa shape index (κ3) is 3.05. The molecule has 5 heteroatoms. The number of halogens is 2. The molecule has 2 aromatic rings. The second kappa shape index (κ2) is 5.46. The summed E-state index contributed by atoms with van der Waals surface area (Å²) < 4.78 is 14.3. The third-order valence-corrected chi connectivity index (χ3v) is 3.09. The molecule has 1 heterocycles. The van der Waals surface area contributed by atoms with E-state index in [1.54, 1.807) is 30.5 Å². The average Bonchev–Trinajstić information content (AvgIpc) is 2.28. The molecular formula is C13H12BrFN2O. The van der Waals surface area contributed by atoms with Gasteiger partial charge in [-0.1, -0.05) is 22.0 Å². The molecule has 0 aliphatic heterocycles. The standard InChI is InChI=1S/C13H12BrFN2O/c14-9-1-2-10(11(15)7-9)12(18)5-8-3-4-17-13(16)6-8/h1-4,6-7,12,18H,5H2,(H2,16,17). The van der Waals surface area contributed by atoms with E-state index in [4.69, 9.17) is 5.73 Å². The maximum atomic E-state index is 13.7. The minimum Gasteiger partial charge on any atom is -0.388 e. The zero-order valence-corrected chi connectivity index (χ0v) is 11.1. The van der Waals surface area contributed by atoms with Crippen molar-refractivity contribution < 1.29 is 9.50 Å². The first-order valence-corrected chi connectivity index (χ1v) is 6.19. The number of anilines is 1. The zero-order valence-electron chi connectivity index (χ0n) is 9.48. The van der Waals surface area contributed by atoms with Gasteiger partial charge in [0.2, 0.25) is 0 Å². The largest absolute Gasteiger partial charge is 0.388 e. The second-order valence-electron chi connectivity index (χ2n) is 3.97. The third-order valence-electron chi connectivity index (χ3n) is 2.60. The highest BCUT2D eigenvalue weighted by molar-refractivity contribution is 9.10. The van der Waals surface area contributed by atoms with Gasteiger partial charge >= 0.3 is 0 Å². The minimum atomic E-state index is -0.903. The molecule has 3 nitrogen and oxygen atoms in total. The Morgan fingerprint density at radius 2 is 2.11 bits per heavy atom. The van der Waals surface area contributed by atoms with Crippen LogP contribution in [0.3, 0.4) is 0 Å². The maximum absolute atomic E-state index is 13.7.